The first-order valence-corrected chi connectivity index (χ1v) is 5.24. The second-order valence-corrected chi connectivity index (χ2v) is 3.72. The lowest BCUT2D eigenvalue weighted by Gasteiger charge is -1.99. The number of halogens is 1. The predicted molar refractivity (Wildman–Crippen MR) is 51.9 cm³/mol. The quantitative estimate of drug-likeness (QED) is 0.824. The molecule has 0 fully saturated rings. The first-order valence-electron chi connectivity index (χ1n) is 4.19. The number of furan rings is 1. The lowest BCUT2D eigenvalue weighted by Crippen LogP contribution is -2.09. The van der Waals surface area contributed by atoms with Gasteiger partial charge in [0.05, 0.1) is 5.75 Å². The van der Waals surface area contributed by atoms with Crippen molar-refractivity contribution in [1.29, 1.82) is 0 Å². The summed E-state index contributed by atoms with van der Waals surface area (Å²) in [5.41, 5.74) is -1.88. The van der Waals surface area contributed by atoms with Gasteiger partial charge in [0.25, 0.3) is 0 Å². The zero-order chi connectivity index (χ0) is 10.6. The molecule has 1 aromatic rings. The van der Waals surface area contributed by atoms with E-state index in [4.69, 9.17) is 9.52 Å². The molecule has 0 saturated heterocycles. The van der Waals surface area contributed by atoms with Crippen molar-refractivity contribution in [1.82, 2.24) is 0 Å². The molecule has 1 N–H and O–H groups in total. The van der Waals surface area contributed by atoms with Gasteiger partial charge in [-0.25, -0.2) is 9.18 Å². The van der Waals surface area contributed by atoms with Crippen LogP contribution < -0.4 is 0 Å². The van der Waals surface area contributed by atoms with Gasteiger partial charge in [0.15, 0.2) is 0 Å². The van der Waals surface area contributed by atoms with Crippen LogP contribution >= 0.6 is 11.8 Å². The highest BCUT2D eigenvalue weighted by Crippen LogP contribution is 2.20. The van der Waals surface area contributed by atoms with Crippen molar-refractivity contribution in [2.75, 3.05) is 0 Å². The molecule has 1 aromatic heterocycles. The average Bonchev–Trinajstić information content (AvgIpc) is 2.61. The number of hydrogen-bond donors (Lipinski definition) is 1. The third-order valence-corrected chi connectivity index (χ3v) is 2.58. The van der Waals surface area contributed by atoms with Crippen LogP contribution in [0.15, 0.2) is 16.5 Å². The fraction of sp³-hybridized carbons (Fsp3) is 0.444. The molecule has 0 aromatic carbocycles. The molecule has 0 radical (unpaired) electrons. The molecule has 0 saturated carbocycles. The van der Waals surface area contributed by atoms with Crippen molar-refractivity contribution in [3.05, 3.63) is 23.7 Å². The number of alkyl halides is 1. The molecule has 0 bridgehead atoms. The maximum absolute atomic E-state index is 12.6. The minimum atomic E-state index is -1.88. The summed E-state index contributed by atoms with van der Waals surface area (Å²) in [7, 11) is 0. The molecule has 0 aliphatic heterocycles. The van der Waals surface area contributed by atoms with E-state index >= 15 is 0 Å². The number of hydrogen-bond acceptors (Lipinski definition) is 3. The summed E-state index contributed by atoms with van der Waals surface area (Å²) in [6.45, 7) is 1.95. The van der Waals surface area contributed by atoms with Gasteiger partial charge >= 0.3 is 5.97 Å². The zero-order valence-electron chi connectivity index (χ0n) is 7.70. The third kappa shape index (κ3) is 3.06. The normalized spacial score (nSPS) is 12.7. The Morgan fingerprint density at radius 2 is 2.29 bits per heavy atom. The van der Waals surface area contributed by atoms with Crippen LogP contribution in [0.4, 0.5) is 4.39 Å². The van der Waals surface area contributed by atoms with E-state index in [1.54, 1.807) is 6.07 Å². The van der Waals surface area contributed by atoms with Crippen molar-refractivity contribution in [3.8, 4) is 0 Å². The van der Waals surface area contributed by atoms with E-state index in [0.29, 0.717) is 17.5 Å². The van der Waals surface area contributed by atoms with Crippen LogP contribution in [0.1, 0.15) is 18.4 Å². The molecule has 1 atom stereocenters. The molecule has 1 heterocycles. The minimum absolute atomic E-state index is 0.244. The average molecular weight is 218 g/mol. The Morgan fingerprint density at radius 3 is 2.79 bits per heavy atom. The lowest BCUT2D eigenvalue weighted by atomic mass is 10.4. The number of thioether (sulfide) groups is 1. The van der Waals surface area contributed by atoms with E-state index in [1.807, 2.05) is 13.0 Å². The smallest absolute Gasteiger partial charge is 0.348 e. The van der Waals surface area contributed by atoms with Crippen molar-refractivity contribution in [2.45, 2.75) is 24.6 Å². The van der Waals surface area contributed by atoms with E-state index in [9.17, 15) is 9.18 Å². The van der Waals surface area contributed by atoms with Gasteiger partial charge in [0, 0.05) is 6.42 Å². The third-order valence-electron chi connectivity index (χ3n) is 1.63. The highest BCUT2D eigenvalue weighted by atomic mass is 32.2. The van der Waals surface area contributed by atoms with Crippen LogP contribution in [0.25, 0.3) is 0 Å². The summed E-state index contributed by atoms with van der Waals surface area (Å²) >= 11 is 0.701. The minimum Gasteiger partial charge on any atom is -0.478 e. The Hall–Kier alpha value is -0.970. The Labute approximate surface area is 85.3 Å². The van der Waals surface area contributed by atoms with Crippen LogP contribution in [0.3, 0.4) is 0 Å². The number of carboxylic acids is 1. The van der Waals surface area contributed by atoms with E-state index < -0.39 is 11.5 Å². The summed E-state index contributed by atoms with van der Waals surface area (Å²) in [4.78, 5) is 10.2. The molecule has 0 aliphatic rings. The molecule has 5 heteroatoms. The summed E-state index contributed by atoms with van der Waals surface area (Å²) < 4.78 is 17.9. The molecule has 0 spiro atoms. The first-order chi connectivity index (χ1) is 6.63. The number of rotatable bonds is 5. The lowest BCUT2D eigenvalue weighted by molar-refractivity contribution is -0.139. The van der Waals surface area contributed by atoms with Gasteiger partial charge in [-0.3, -0.25) is 0 Å². The topological polar surface area (TPSA) is 50.4 Å². The van der Waals surface area contributed by atoms with Gasteiger partial charge in [-0.2, -0.15) is 0 Å². The second kappa shape index (κ2) is 5.05. The summed E-state index contributed by atoms with van der Waals surface area (Å²) in [6, 6.07) is 3.55. The van der Waals surface area contributed by atoms with Crippen molar-refractivity contribution in [2.24, 2.45) is 0 Å². The van der Waals surface area contributed by atoms with Crippen LogP contribution in [-0.2, 0) is 17.0 Å². The van der Waals surface area contributed by atoms with Gasteiger partial charge < -0.3 is 9.52 Å². The standard InChI is InChI=1S/C9H11FO3S/c1-2-6-3-4-7(13-6)5-14-8(10)9(11)12/h3-4,8H,2,5H2,1H3,(H,11,12). The molecule has 1 unspecified atom stereocenters. The van der Waals surface area contributed by atoms with E-state index in [0.717, 1.165) is 12.2 Å². The Bertz CT molecular complexity index is 311. The highest BCUT2D eigenvalue weighted by molar-refractivity contribution is 7.99. The summed E-state index contributed by atoms with van der Waals surface area (Å²) in [6.07, 6.45) is 0.780. The van der Waals surface area contributed by atoms with Crippen molar-refractivity contribution < 1.29 is 18.7 Å². The Kier molecular flexibility index (Phi) is 4.00. The molecule has 1 rings (SSSR count). The van der Waals surface area contributed by atoms with E-state index in [2.05, 4.69) is 0 Å². The van der Waals surface area contributed by atoms with Gasteiger partial charge in [-0.15, -0.1) is 11.8 Å². The first kappa shape index (κ1) is 11.1. The SMILES string of the molecule is CCc1ccc(CSC(F)C(=O)O)o1. The fourth-order valence-corrected chi connectivity index (χ4v) is 1.52. The summed E-state index contributed by atoms with van der Waals surface area (Å²) in [5.74, 6) is 0.229. The number of aliphatic carboxylic acids is 1. The number of aryl methyl sites for hydroxylation is 1. The zero-order valence-corrected chi connectivity index (χ0v) is 8.51. The molecule has 0 amide bonds. The Balaban J connectivity index is 2.41. The largest absolute Gasteiger partial charge is 0.478 e. The Morgan fingerprint density at radius 1 is 1.64 bits per heavy atom. The van der Waals surface area contributed by atoms with Crippen LogP contribution in [-0.4, -0.2) is 16.6 Å². The van der Waals surface area contributed by atoms with Gasteiger partial charge in [-0.05, 0) is 12.1 Å². The van der Waals surface area contributed by atoms with Crippen LogP contribution in [0, 0.1) is 0 Å². The maximum Gasteiger partial charge on any atom is 0.348 e. The number of carbonyl (C=O) groups is 1. The maximum atomic E-state index is 12.6. The van der Waals surface area contributed by atoms with Crippen LogP contribution in [0.5, 0.6) is 0 Å². The molecule has 78 valence electrons. The fourth-order valence-electron chi connectivity index (χ4n) is 0.916. The molecule has 14 heavy (non-hydrogen) atoms. The predicted octanol–water partition coefficient (Wildman–Crippen LogP) is 2.46. The van der Waals surface area contributed by atoms with Gasteiger partial charge in [-0.1, -0.05) is 6.92 Å². The second-order valence-electron chi connectivity index (χ2n) is 2.69. The number of carboxylic acid groups (broad SMARTS) is 1. The monoisotopic (exact) mass is 218 g/mol. The molecule has 0 aliphatic carbocycles. The van der Waals surface area contributed by atoms with Gasteiger partial charge in [0.2, 0.25) is 5.50 Å². The van der Waals surface area contributed by atoms with Gasteiger partial charge in [0.1, 0.15) is 11.5 Å². The van der Waals surface area contributed by atoms with Crippen molar-refractivity contribution >= 4 is 17.7 Å². The summed E-state index contributed by atoms with van der Waals surface area (Å²) in [5, 5.41) is 8.28. The molecular formula is C9H11FO3S. The molecule has 3 nitrogen and oxygen atoms in total. The van der Waals surface area contributed by atoms with E-state index in [-0.39, 0.29) is 5.75 Å². The molecular weight excluding hydrogens is 207 g/mol. The van der Waals surface area contributed by atoms with Crippen molar-refractivity contribution in [3.63, 3.8) is 0 Å². The highest BCUT2D eigenvalue weighted by Gasteiger charge is 2.16. The van der Waals surface area contributed by atoms with Crippen LogP contribution in [0.2, 0.25) is 0 Å². The van der Waals surface area contributed by atoms with E-state index in [1.165, 1.54) is 0 Å².